The van der Waals surface area contributed by atoms with Crippen LogP contribution in [0.1, 0.15) is 18.7 Å². The Morgan fingerprint density at radius 1 is 1.61 bits per heavy atom. The lowest BCUT2D eigenvalue weighted by atomic mass is 10.2. The molecule has 0 bridgehead atoms. The van der Waals surface area contributed by atoms with Gasteiger partial charge < -0.3 is 10.2 Å². The number of hydrogen-bond donors (Lipinski definition) is 1. The van der Waals surface area contributed by atoms with Crippen molar-refractivity contribution in [2.75, 3.05) is 32.0 Å². The van der Waals surface area contributed by atoms with E-state index in [0.29, 0.717) is 6.04 Å². The fraction of sp³-hybridized carbons (Fsp3) is 0.615. The van der Waals surface area contributed by atoms with Crippen molar-refractivity contribution in [2.45, 2.75) is 26.4 Å². The minimum atomic E-state index is 0.565. The lowest BCUT2D eigenvalue weighted by molar-refractivity contribution is 0.0991. The molecule has 1 aliphatic rings. The van der Waals surface area contributed by atoms with E-state index in [9.17, 15) is 0 Å². The second-order valence-corrected chi connectivity index (χ2v) is 6.00. The van der Waals surface area contributed by atoms with Gasteiger partial charge in [0.2, 0.25) is 0 Å². The number of aromatic nitrogens is 1. The zero-order valence-electron chi connectivity index (χ0n) is 11.4. The second-order valence-electron chi connectivity index (χ2n) is 4.88. The van der Waals surface area contributed by atoms with Crippen LogP contribution in [0.5, 0.6) is 0 Å². The Hall–Kier alpha value is -1.07. The smallest absolute Gasteiger partial charge is 0.182 e. The van der Waals surface area contributed by atoms with Crippen LogP contribution in [-0.4, -0.2) is 47.5 Å². The molecular weight excluding hydrogens is 244 g/mol. The summed E-state index contributed by atoms with van der Waals surface area (Å²) >= 11 is 1.74. The molecule has 2 heterocycles. The molecule has 0 amide bonds. The average molecular weight is 266 g/mol. The first-order chi connectivity index (χ1) is 8.60. The number of rotatable bonds is 4. The molecule has 1 aliphatic heterocycles. The third-order valence-corrected chi connectivity index (χ3v) is 4.43. The Balaban J connectivity index is 1.92. The van der Waals surface area contributed by atoms with Crippen LogP contribution in [0.4, 0.5) is 5.13 Å². The maximum atomic E-state index is 4.32. The summed E-state index contributed by atoms with van der Waals surface area (Å²) in [7, 11) is 1.91. The Morgan fingerprint density at radius 3 is 2.94 bits per heavy atom. The Kier molecular flexibility index (Phi) is 4.24. The normalized spacial score (nSPS) is 21.1. The van der Waals surface area contributed by atoms with Crippen molar-refractivity contribution in [2.24, 2.45) is 0 Å². The molecule has 1 N–H and O–H groups in total. The largest absolute Gasteiger partial charge is 0.373 e. The van der Waals surface area contributed by atoms with Crippen LogP contribution in [0.15, 0.2) is 18.5 Å². The van der Waals surface area contributed by atoms with Crippen LogP contribution in [0.25, 0.3) is 0 Å². The summed E-state index contributed by atoms with van der Waals surface area (Å²) in [6, 6.07) is 0.565. The van der Waals surface area contributed by atoms with Crippen LogP contribution in [0.3, 0.4) is 0 Å². The van der Waals surface area contributed by atoms with Gasteiger partial charge in [0.15, 0.2) is 5.13 Å². The number of hydrogen-bond acceptors (Lipinski definition) is 5. The van der Waals surface area contributed by atoms with Crippen molar-refractivity contribution in [3.8, 4) is 0 Å². The molecule has 1 aromatic rings. The molecule has 1 fully saturated rings. The average Bonchev–Trinajstić information content (AvgIpc) is 2.79. The molecule has 0 radical (unpaired) electrons. The molecule has 1 saturated heterocycles. The number of piperazine rings is 1. The number of nitrogens with zero attached hydrogens (tertiary/aromatic N) is 3. The molecule has 1 unspecified atom stereocenters. The second kappa shape index (κ2) is 5.71. The van der Waals surface area contributed by atoms with E-state index in [2.05, 4.69) is 40.5 Å². The van der Waals surface area contributed by atoms with Crippen molar-refractivity contribution in [1.29, 1.82) is 0 Å². The van der Waals surface area contributed by atoms with Crippen LogP contribution >= 0.6 is 11.3 Å². The third kappa shape index (κ3) is 3.03. The van der Waals surface area contributed by atoms with Crippen molar-refractivity contribution in [1.82, 2.24) is 14.8 Å². The van der Waals surface area contributed by atoms with Gasteiger partial charge in [0.05, 0.1) is 0 Å². The van der Waals surface area contributed by atoms with Gasteiger partial charge >= 0.3 is 0 Å². The number of anilines is 1. The van der Waals surface area contributed by atoms with Crippen molar-refractivity contribution in [3.05, 3.63) is 23.3 Å². The van der Waals surface area contributed by atoms with E-state index < -0.39 is 0 Å². The highest BCUT2D eigenvalue weighted by Gasteiger charge is 2.23. The summed E-state index contributed by atoms with van der Waals surface area (Å²) in [4.78, 5) is 10.5. The molecule has 5 heteroatoms. The van der Waals surface area contributed by atoms with Gasteiger partial charge in [-0.25, -0.2) is 4.98 Å². The van der Waals surface area contributed by atoms with Crippen LogP contribution in [-0.2, 0) is 6.54 Å². The van der Waals surface area contributed by atoms with Gasteiger partial charge in [-0.3, -0.25) is 4.90 Å². The van der Waals surface area contributed by atoms with Crippen LogP contribution in [0.2, 0.25) is 0 Å². The van der Waals surface area contributed by atoms with E-state index in [-0.39, 0.29) is 0 Å². The standard InChI is InChI=1S/C13H22N4S/c1-10(2)16-5-6-17(11(3)8-16)9-12-7-15-13(14-4)18-12/h7,11H,1,5-6,8-9H2,2-4H3,(H,14,15). The lowest BCUT2D eigenvalue weighted by Crippen LogP contribution is -2.50. The minimum absolute atomic E-state index is 0.565. The first-order valence-electron chi connectivity index (χ1n) is 6.37. The molecular formula is C13H22N4S. The highest BCUT2D eigenvalue weighted by atomic mass is 32.1. The molecule has 4 nitrogen and oxygen atoms in total. The molecule has 0 saturated carbocycles. The predicted molar refractivity (Wildman–Crippen MR) is 77.9 cm³/mol. The zero-order valence-corrected chi connectivity index (χ0v) is 12.3. The predicted octanol–water partition coefficient (Wildman–Crippen LogP) is 2.22. The number of allylic oxidation sites excluding steroid dienone is 1. The summed E-state index contributed by atoms with van der Waals surface area (Å²) in [6.45, 7) is 12.7. The SMILES string of the molecule is C=C(C)N1CCN(Cc2cnc(NC)s2)C(C)C1. The maximum absolute atomic E-state index is 4.32. The maximum Gasteiger partial charge on any atom is 0.182 e. The van der Waals surface area contributed by atoms with Crippen molar-refractivity contribution in [3.63, 3.8) is 0 Å². The Bertz CT molecular complexity index is 415. The number of nitrogens with one attached hydrogen (secondary N) is 1. The van der Waals surface area contributed by atoms with E-state index in [4.69, 9.17) is 0 Å². The van der Waals surface area contributed by atoms with E-state index in [1.54, 1.807) is 11.3 Å². The van der Waals surface area contributed by atoms with Gasteiger partial charge in [-0.2, -0.15) is 0 Å². The fourth-order valence-electron chi connectivity index (χ4n) is 2.27. The fourth-order valence-corrected chi connectivity index (χ4v) is 3.06. The van der Waals surface area contributed by atoms with E-state index in [1.165, 1.54) is 10.6 Å². The summed E-state index contributed by atoms with van der Waals surface area (Å²) in [5.41, 5.74) is 1.18. The van der Waals surface area contributed by atoms with E-state index in [0.717, 1.165) is 31.3 Å². The molecule has 18 heavy (non-hydrogen) atoms. The van der Waals surface area contributed by atoms with Crippen LogP contribution in [0, 0.1) is 0 Å². The van der Waals surface area contributed by atoms with Crippen molar-refractivity contribution < 1.29 is 0 Å². The van der Waals surface area contributed by atoms with Gasteiger partial charge in [0.1, 0.15) is 0 Å². The summed E-state index contributed by atoms with van der Waals surface area (Å²) < 4.78 is 0. The number of thiazole rings is 1. The molecule has 1 aromatic heterocycles. The van der Waals surface area contributed by atoms with E-state index in [1.807, 2.05) is 13.2 Å². The topological polar surface area (TPSA) is 31.4 Å². The van der Waals surface area contributed by atoms with E-state index >= 15 is 0 Å². The summed E-state index contributed by atoms with van der Waals surface area (Å²) in [5.74, 6) is 0. The Labute approximate surface area is 113 Å². The molecule has 0 aromatic carbocycles. The lowest BCUT2D eigenvalue weighted by Gasteiger charge is -2.40. The van der Waals surface area contributed by atoms with Gasteiger partial charge in [0, 0.05) is 56.0 Å². The minimum Gasteiger partial charge on any atom is -0.373 e. The molecule has 100 valence electrons. The first-order valence-corrected chi connectivity index (χ1v) is 7.18. The zero-order chi connectivity index (χ0) is 13.1. The summed E-state index contributed by atoms with van der Waals surface area (Å²) in [6.07, 6.45) is 1.98. The quantitative estimate of drug-likeness (QED) is 0.905. The van der Waals surface area contributed by atoms with Crippen molar-refractivity contribution >= 4 is 16.5 Å². The van der Waals surface area contributed by atoms with Crippen LogP contribution < -0.4 is 5.32 Å². The first kappa shape index (κ1) is 13.4. The summed E-state index contributed by atoms with van der Waals surface area (Å²) in [5, 5.41) is 4.09. The highest BCUT2D eigenvalue weighted by molar-refractivity contribution is 7.15. The third-order valence-electron chi connectivity index (χ3n) is 3.43. The highest BCUT2D eigenvalue weighted by Crippen LogP contribution is 2.22. The monoisotopic (exact) mass is 266 g/mol. The van der Waals surface area contributed by atoms with Gasteiger partial charge in [-0.15, -0.1) is 11.3 Å². The van der Waals surface area contributed by atoms with Gasteiger partial charge in [0.25, 0.3) is 0 Å². The molecule has 0 spiro atoms. The molecule has 0 aliphatic carbocycles. The van der Waals surface area contributed by atoms with Gasteiger partial charge in [-0.1, -0.05) is 6.58 Å². The molecule has 2 rings (SSSR count). The van der Waals surface area contributed by atoms with Gasteiger partial charge in [-0.05, 0) is 13.8 Å². The Morgan fingerprint density at radius 2 is 2.39 bits per heavy atom. The molecule has 1 atom stereocenters.